The zero-order chi connectivity index (χ0) is 21.0. The molecular formula is C22H28N4O3. The van der Waals surface area contributed by atoms with Crippen molar-refractivity contribution in [2.24, 2.45) is 16.7 Å². The van der Waals surface area contributed by atoms with Gasteiger partial charge in [0.15, 0.2) is 0 Å². The number of benzene rings is 1. The van der Waals surface area contributed by atoms with Gasteiger partial charge in [0.05, 0.1) is 23.0 Å². The lowest BCUT2D eigenvalue weighted by Gasteiger charge is -2.47. The zero-order valence-electron chi connectivity index (χ0n) is 17.5. The molecule has 1 aliphatic heterocycles. The molecule has 1 N–H and O–H groups in total. The van der Waals surface area contributed by atoms with E-state index in [1.165, 1.54) is 4.90 Å². The predicted octanol–water partition coefficient (Wildman–Crippen LogP) is 2.48. The Hall–Kier alpha value is -2.70. The number of aromatic nitrogens is 2. The first-order valence-electron chi connectivity index (χ1n) is 10.3. The van der Waals surface area contributed by atoms with Crippen LogP contribution in [0.2, 0.25) is 0 Å². The molecule has 3 amide bonds. The molecule has 1 saturated heterocycles. The molecule has 2 aliphatic rings. The average Bonchev–Trinajstić information content (AvgIpc) is 3.14. The second kappa shape index (κ2) is 6.68. The van der Waals surface area contributed by atoms with Crippen LogP contribution in [-0.2, 0) is 27.5 Å². The van der Waals surface area contributed by atoms with E-state index in [-0.39, 0.29) is 42.1 Å². The average molecular weight is 396 g/mol. The Kier molecular flexibility index (Phi) is 4.52. The van der Waals surface area contributed by atoms with Crippen molar-refractivity contribution in [3.05, 3.63) is 30.1 Å². The minimum absolute atomic E-state index is 0.206. The summed E-state index contributed by atoms with van der Waals surface area (Å²) < 4.78 is 2.05. The molecule has 4 rings (SSSR count). The Labute approximate surface area is 170 Å². The fraction of sp³-hybridized carbons (Fsp3) is 0.545. The van der Waals surface area contributed by atoms with E-state index in [1.807, 2.05) is 52.0 Å². The van der Waals surface area contributed by atoms with Crippen LogP contribution in [-0.4, -0.2) is 38.7 Å². The van der Waals surface area contributed by atoms with Crippen LogP contribution in [0.25, 0.3) is 11.0 Å². The van der Waals surface area contributed by atoms with Crippen LogP contribution >= 0.6 is 0 Å². The van der Waals surface area contributed by atoms with E-state index in [1.54, 1.807) is 0 Å². The number of imide groups is 1. The third kappa shape index (κ3) is 2.78. The van der Waals surface area contributed by atoms with Crippen molar-refractivity contribution < 1.29 is 14.4 Å². The maximum absolute atomic E-state index is 13.1. The van der Waals surface area contributed by atoms with Crippen LogP contribution in [0.4, 0.5) is 0 Å². The van der Waals surface area contributed by atoms with Crippen LogP contribution in [0.15, 0.2) is 24.3 Å². The van der Waals surface area contributed by atoms with Crippen molar-refractivity contribution in [1.82, 2.24) is 19.8 Å². The molecular weight excluding hydrogens is 368 g/mol. The fourth-order valence-corrected chi connectivity index (χ4v) is 5.04. The van der Waals surface area contributed by atoms with Gasteiger partial charge in [-0.3, -0.25) is 19.3 Å². The molecule has 2 aromatic rings. The molecule has 2 fully saturated rings. The van der Waals surface area contributed by atoms with Crippen molar-refractivity contribution in [3.63, 3.8) is 0 Å². The molecule has 2 bridgehead atoms. The summed E-state index contributed by atoms with van der Waals surface area (Å²) in [4.78, 5) is 44.3. The number of nitrogens with one attached hydrogen (secondary N) is 1. The number of hydrogen-bond donors (Lipinski definition) is 1. The molecule has 1 aromatic carbocycles. The third-order valence-corrected chi connectivity index (χ3v) is 7.30. The van der Waals surface area contributed by atoms with Gasteiger partial charge in [0.25, 0.3) is 0 Å². The fourth-order valence-electron chi connectivity index (χ4n) is 5.04. The highest BCUT2D eigenvalue weighted by Gasteiger charge is 2.64. The van der Waals surface area contributed by atoms with Gasteiger partial charge in [-0.2, -0.15) is 0 Å². The number of carbonyl (C=O) groups is 3. The maximum atomic E-state index is 13.1. The Bertz CT molecular complexity index is 1010. The SMILES string of the molecule is CCn1c(CNC(=O)CN2C(=O)C3CCC(C)(C2=O)C3(C)C)nc2ccccc21. The molecule has 7 nitrogen and oxygen atoms in total. The van der Waals surface area contributed by atoms with Gasteiger partial charge in [0.2, 0.25) is 17.7 Å². The van der Waals surface area contributed by atoms with Gasteiger partial charge >= 0.3 is 0 Å². The molecule has 2 unspecified atom stereocenters. The second-order valence-corrected chi connectivity index (χ2v) is 8.91. The van der Waals surface area contributed by atoms with Crippen molar-refractivity contribution in [2.45, 2.75) is 53.6 Å². The molecule has 0 radical (unpaired) electrons. The number of aryl methyl sites for hydroxylation is 1. The number of piperidine rings is 1. The molecule has 29 heavy (non-hydrogen) atoms. The highest BCUT2D eigenvalue weighted by molar-refractivity contribution is 6.06. The molecule has 2 heterocycles. The lowest BCUT2D eigenvalue weighted by Crippen LogP contribution is -2.60. The summed E-state index contributed by atoms with van der Waals surface area (Å²) in [6.07, 6.45) is 1.39. The molecule has 1 saturated carbocycles. The molecule has 2 atom stereocenters. The van der Waals surface area contributed by atoms with Crippen LogP contribution in [0.1, 0.15) is 46.4 Å². The number of hydrogen-bond acceptors (Lipinski definition) is 4. The van der Waals surface area contributed by atoms with E-state index < -0.39 is 5.41 Å². The largest absolute Gasteiger partial charge is 0.347 e. The maximum Gasteiger partial charge on any atom is 0.240 e. The standard InChI is InChI=1S/C22H28N4O3/c1-5-25-16-9-7-6-8-15(16)24-17(25)12-23-18(27)13-26-19(28)14-10-11-22(4,20(26)29)21(14,2)3/h6-9,14H,5,10-13H2,1-4H3,(H,23,27). The van der Waals surface area contributed by atoms with Crippen molar-refractivity contribution in [2.75, 3.05) is 6.54 Å². The normalized spacial score (nSPS) is 25.7. The summed E-state index contributed by atoms with van der Waals surface area (Å²) in [5, 5.41) is 2.84. The Morgan fingerprint density at radius 1 is 1.24 bits per heavy atom. The van der Waals surface area contributed by atoms with E-state index in [4.69, 9.17) is 0 Å². The second-order valence-electron chi connectivity index (χ2n) is 8.91. The number of rotatable bonds is 5. The van der Waals surface area contributed by atoms with Gasteiger partial charge in [-0.1, -0.05) is 32.9 Å². The lowest BCUT2D eigenvalue weighted by molar-refractivity contribution is -0.169. The van der Waals surface area contributed by atoms with Gasteiger partial charge in [0, 0.05) is 12.5 Å². The van der Waals surface area contributed by atoms with Crippen molar-refractivity contribution >= 4 is 28.8 Å². The zero-order valence-corrected chi connectivity index (χ0v) is 17.5. The minimum Gasteiger partial charge on any atom is -0.347 e. The van der Waals surface area contributed by atoms with Crippen LogP contribution in [0, 0.1) is 16.7 Å². The van der Waals surface area contributed by atoms with E-state index in [9.17, 15) is 14.4 Å². The van der Waals surface area contributed by atoms with Gasteiger partial charge in [0.1, 0.15) is 12.4 Å². The molecule has 1 aliphatic carbocycles. The smallest absolute Gasteiger partial charge is 0.240 e. The number of fused-ring (bicyclic) bond motifs is 3. The summed E-state index contributed by atoms with van der Waals surface area (Å²) in [7, 11) is 0. The summed E-state index contributed by atoms with van der Waals surface area (Å²) in [5.74, 6) is -0.235. The number of carbonyl (C=O) groups excluding carboxylic acids is 3. The first-order chi connectivity index (χ1) is 13.7. The Morgan fingerprint density at radius 2 is 1.97 bits per heavy atom. The third-order valence-electron chi connectivity index (χ3n) is 7.30. The van der Waals surface area contributed by atoms with Crippen molar-refractivity contribution in [3.8, 4) is 0 Å². The topological polar surface area (TPSA) is 84.3 Å². The number of para-hydroxylation sites is 2. The Morgan fingerprint density at radius 3 is 2.69 bits per heavy atom. The van der Waals surface area contributed by atoms with Gasteiger partial charge in [-0.25, -0.2) is 4.98 Å². The van der Waals surface area contributed by atoms with Crippen LogP contribution < -0.4 is 5.32 Å². The molecule has 1 aromatic heterocycles. The number of imidazole rings is 1. The lowest BCUT2D eigenvalue weighted by atomic mass is 9.62. The summed E-state index contributed by atoms with van der Waals surface area (Å²) in [5.41, 5.74) is 0.932. The van der Waals surface area contributed by atoms with Gasteiger partial charge < -0.3 is 9.88 Å². The molecule has 0 spiro atoms. The van der Waals surface area contributed by atoms with Crippen LogP contribution in [0.3, 0.4) is 0 Å². The predicted molar refractivity (Wildman–Crippen MR) is 109 cm³/mol. The number of nitrogens with zero attached hydrogens (tertiary/aromatic N) is 3. The minimum atomic E-state index is -0.595. The van der Waals surface area contributed by atoms with Gasteiger partial charge in [-0.15, -0.1) is 0 Å². The summed E-state index contributed by atoms with van der Waals surface area (Å²) in [6, 6.07) is 7.83. The van der Waals surface area contributed by atoms with Crippen LogP contribution in [0.5, 0.6) is 0 Å². The number of likely N-dealkylation sites (tertiary alicyclic amines) is 1. The quantitative estimate of drug-likeness (QED) is 0.787. The van der Waals surface area contributed by atoms with E-state index in [0.29, 0.717) is 12.8 Å². The molecule has 7 heteroatoms. The van der Waals surface area contributed by atoms with E-state index >= 15 is 0 Å². The van der Waals surface area contributed by atoms with E-state index in [0.717, 1.165) is 23.4 Å². The first-order valence-corrected chi connectivity index (χ1v) is 10.3. The highest BCUT2D eigenvalue weighted by Crippen LogP contribution is 2.59. The van der Waals surface area contributed by atoms with E-state index in [2.05, 4.69) is 14.9 Å². The Balaban J connectivity index is 1.47. The highest BCUT2D eigenvalue weighted by atomic mass is 16.2. The first kappa shape index (κ1) is 19.6. The summed E-state index contributed by atoms with van der Waals surface area (Å²) >= 11 is 0. The monoisotopic (exact) mass is 396 g/mol. The molecule has 154 valence electrons. The van der Waals surface area contributed by atoms with Crippen molar-refractivity contribution in [1.29, 1.82) is 0 Å². The number of amides is 3. The summed E-state index contributed by atoms with van der Waals surface area (Å²) in [6.45, 7) is 8.71. The van der Waals surface area contributed by atoms with Gasteiger partial charge in [-0.05, 0) is 37.3 Å².